The number of H-pyrrole nitrogens is 1. The van der Waals surface area contributed by atoms with Crippen molar-refractivity contribution in [3.8, 4) is 11.1 Å². The minimum Gasteiger partial charge on any atom is -0.458 e. The zero-order valence-corrected chi connectivity index (χ0v) is 15.7. The average molecular weight is 373 g/mol. The Hall–Kier alpha value is -2.66. The Morgan fingerprint density at radius 3 is 2.71 bits per heavy atom. The molecule has 1 saturated carbocycles. The van der Waals surface area contributed by atoms with Gasteiger partial charge in [-0.05, 0) is 54.0 Å². The van der Waals surface area contributed by atoms with Crippen LogP contribution in [0.1, 0.15) is 23.2 Å². The summed E-state index contributed by atoms with van der Waals surface area (Å²) in [5.41, 5.74) is 3.64. The summed E-state index contributed by atoms with van der Waals surface area (Å²) in [7, 11) is 0. The molecule has 142 valence electrons. The maximum atomic E-state index is 12.9. The highest BCUT2D eigenvalue weighted by Crippen LogP contribution is 2.45. The number of carbonyl (C=O) groups is 1. The Balaban J connectivity index is 1.25. The van der Waals surface area contributed by atoms with Crippen molar-refractivity contribution in [2.24, 2.45) is 17.8 Å². The van der Waals surface area contributed by atoms with Crippen LogP contribution in [0.25, 0.3) is 22.0 Å². The van der Waals surface area contributed by atoms with Gasteiger partial charge in [0.2, 0.25) is 0 Å². The Morgan fingerprint density at radius 2 is 1.89 bits per heavy atom. The number of aromatic amines is 1. The van der Waals surface area contributed by atoms with Crippen LogP contribution in [0.5, 0.6) is 0 Å². The lowest BCUT2D eigenvalue weighted by molar-refractivity contribution is -0.116. The molecule has 1 N–H and O–H groups in total. The van der Waals surface area contributed by atoms with E-state index in [0.717, 1.165) is 41.0 Å². The molecule has 5 nitrogen and oxygen atoms in total. The zero-order chi connectivity index (χ0) is 18.7. The van der Waals surface area contributed by atoms with Crippen LogP contribution in [0.4, 0.5) is 0 Å². The van der Waals surface area contributed by atoms with E-state index in [0.29, 0.717) is 17.4 Å². The number of pyridine rings is 1. The number of nitrogens with zero attached hydrogens (tertiary/aromatic N) is 2. The van der Waals surface area contributed by atoms with Gasteiger partial charge in [0.05, 0.1) is 5.56 Å². The molecule has 28 heavy (non-hydrogen) atoms. The summed E-state index contributed by atoms with van der Waals surface area (Å²) in [4.78, 5) is 23.0. The Bertz CT molecular complexity index is 1030. The standard InChI is InChI=1S/C23H23N3O2/c27-23(28-22-19-5-14-6-20(22)13-26(11-14)12-19)18-8-17(9-24-10-18)15-1-2-21-16(7-15)3-4-25-21/h1-4,7-10,14,19-20,22,25H,5-6,11-13H2. The molecule has 7 rings (SSSR count). The van der Waals surface area contributed by atoms with Crippen LogP contribution in [0.2, 0.25) is 0 Å². The molecule has 0 amide bonds. The van der Waals surface area contributed by atoms with E-state index >= 15 is 0 Å². The molecule has 5 heteroatoms. The van der Waals surface area contributed by atoms with E-state index in [-0.39, 0.29) is 12.1 Å². The zero-order valence-electron chi connectivity index (χ0n) is 15.7. The van der Waals surface area contributed by atoms with Crippen molar-refractivity contribution in [1.29, 1.82) is 0 Å². The second-order valence-corrected chi connectivity index (χ2v) is 8.69. The Kier molecular flexibility index (Phi) is 3.60. The molecule has 4 fully saturated rings. The van der Waals surface area contributed by atoms with Crippen LogP contribution in [0.3, 0.4) is 0 Å². The number of hydrogen-bond acceptors (Lipinski definition) is 4. The van der Waals surface area contributed by atoms with E-state index < -0.39 is 0 Å². The van der Waals surface area contributed by atoms with Gasteiger partial charge < -0.3 is 14.6 Å². The van der Waals surface area contributed by atoms with Crippen molar-refractivity contribution in [3.63, 3.8) is 0 Å². The SMILES string of the molecule is O=C(OC1C2CC3CC1CN(C3)C2)c1cncc(-c2ccc3[nH]ccc3c2)c1. The highest BCUT2D eigenvalue weighted by molar-refractivity contribution is 5.91. The molecule has 4 aliphatic rings. The van der Waals surface area contributed by atoms with E-state index in [1.54, 1.807) is 12.4 Å². The number of ether oxygens (including phenoxy) is 1. The average Bonchev–Trinajstić information content (AvgIpc) is 3.18. The molecular formula is C23H23N3O2. The van der Waals surface area contributed by atoms with Gasteiger partial charge in [-0.25, -0.2) is 4.79 Å². The Labute approximate surface area is 163 Å². The summed E-state index contributed by atoms with van der Waals surface area (Å²) in [5, 5.41) is 1.15. The number of rotatable bonds is 3. The topological polar surface area (TPSA) is 58.2 Å². The maximum absolute atomic E-state index is 12.9. The first-order chi connectivity index (χ1) is 13.7. The van der Waals surface area contributed by atoms with Gasteiger partial charge in [0, 0.05) is 61.1 Å². The van der Waals surface area contributed by atoms with E-state index in [1.807, 2.05) is 18.3 Å². The number of carbonyl (C=O) groups excluding carboxylic acids is 1. The second-order valence-electron chi connectivity index (χ2n) is 8.69. The third-order valence-electron chi connectivity index (χ3n) is 6.81. The monoisotopic (exact) mass is 373 g/mol. The predicted molar refractivity (Wildman–Crippen MR) is 107 cm³/mol. The summed E-state index contributed by atoms with van der Waals surface area (Å²) in [6.45, 7) is 3.41. The van der Waals surface area contributed by atoms with E-state index in [4.69, 9.17) is 4.74 Å². The van der Waals surface area contributed by atoms with Crippen LogP contribution in [-0.2, 0) is 4.74 Å². The molecule has 5 heterocycles. The van der Waals surface area contributed by atoms with Gasteiger partial charge in [0.1, 0.15) is 6.10 Å². The Morgan fingerprint density at radius 1 is 1.04 bits per heavy atom. The fourth-order valence-corrected chi connectivity index (χ4v) is 5.69. The summed E-state index contributed by atoms with van der Waals surface area (Å²) in [5.74, 6) is 1.58. The van der Waals surface area contributed by atoms with Crippen LogP contribution in [0.15, 0.2) is 48.9 Å². The third kappa shape index (κ3) is 2.65. The number of hydrogen-bond donors (Lipinski definition) is 1. The maximum Gasteiger partial charge on any atom is 0.340 e. The lowest BCUT2D eigenvalue weighted by Gasteiger charge is -2.55. The van der Waals surface area contributed by atoms with Gasteiger partial charge >= 0.3 is 5.97 Å². The number of piperidine rings is 3. The first-order valence-electron chi connectivity index (χ1n) is 10.2. The van der Waals surface area contributed by atoms with Crippen molar-refractivity contribution in [2.45, 2.75) is 18.9 Å². The number of esters is 1. The van der Waals surface area contributed by atoms with Gasteiger partial charge in [-0.2, -0.15) is 0 Å². The van der Waals surface area contributed by atoms with Gasteiger partial charge in [-0.15, -0.1) is 0 Å². The summed E-state index contributed by atoms with van der Waals surface area (Å²) >= 11 is 0. The number of nitrogens with one attached hydrogen (secondary N) is 1. The predicted octanol–water partition coefficient (Wildman–Crippen LogP) is 3.73. The first-order valence-corrected chi connectivity index (χ1v) is 10.2. The summed E-state index contributed by atoms with van der Waals surface area (Å²) < 4.78 is 6.05. The summed E-state index contributed by atoms with van der Waals surface area (Å²) in [6, 6.07) is 10.2. The van der Waals surface area contributed by atoms with Crippen molar-refractivity contribution < 1.29 is 9.53 Å². The molecule has 2 unspecified atom stereocenters. The lowest BCUT2D eigenvalue weighted by Crippen LogP contribution is -2.60. The fraction of sp³-hybridized carbons (Fsp3) is 0.391. The first kappa shape index (κ1) is 16.3. The van der Waals surface area contributed by atoms with Crippen molar-refractivity contribution in [2.75, 3.05) is 19.6 Å². The molecule has 3 saturated heterocycles. The van der Waals surface area contributed by atoms with Crippen LogP contribution >= 0.6 is 0 Å². The van der Waals surface area contributed by atoms with Crippen molar-refractivity contribution in [1.82, 2.24) is 14.9 Å². The smallest absolute Gasteiger partial charge is 0.340 e. The van der Waals surface area contributed by atoms with E-state index in [2.05, 4.69) is 33.1 Å². The van der Waals surface area contributed by atoms with Gasteiger partial charge in [0.25, 0.3) is 0 Å². The highest BCUT2D eigenvalue weighted by Gasteiger charge is 2.49. The molecule has 4 bridgehead atoms. The number of benzene rings is 1. The molecule has 2 aromatic heterocycles. The number of fused-ring (bicyclic) bond motifs is 1. The normalized spacial score (nSPS) is 30.6. The lowest BCUT2D eigenvalue weighted by atomic mass is 9.66. The van der Waals surface area contributed by atoms with Gasteiger partial charge in [-0.3, -0.25) is 4.98 Å². The van der Waals surface area contributed by atoms with Gasteiger partial charge in [-0.1, -0.05) is 6.07 Å². The second kappa shape index (κ2) is 6.17. The quantitative estimate of drug-likeness (QED) is 0.711. The van der Waals surface area contributed by atoms with E-state index in [9.17, 15) is 4.79 Å². The van der Waals surface area contributed by atoms with Crippen molar-refractivity contribution in [3.05, 3.63) is 54.5 Å². The molecule has 0 radical (unpaired) electrons. The fourth-order valence-electron chi connectivity index (χ4n) is 5.69. The van der Waals surface area contributed by atoms with E-state index in [1.165, 1.54) is 19.4 Å². The van der Waals surface area contributed by atoms with Crippen LogP contribution in [-0.4, -0.2) is 46.6 Å². The molecule has 0 spiro atoms. The molecular weight excluding hydrogens is 350 g/mol. The van der Waals surface area contributed by atoms with Crippen LogP contribution < -0.4 is 0 Å². The number of aromatic nitrogens is 2. The van der Waals surface area contributed by atoms with Gasteiger partial charge in [0.15, 0.2) is 0 Å². The van der Waals surface area contributed by atoms with Crippen molar-refractivity contribution >= 4 is 16.9 Å². The molecule has 3 aromatic rings. The molecule has 1 aliphatic carbocycles. The molecule has 2 atom stereocenters. The minimum absolute atomic E-state index is 0.0696. The minimum atomic E-state index is -0.232. The molecule has 1 aromatic carbocycles. The summed E-state index contributed by atoms with van der Waals surface area (Å²) in [6.07, 6.45) is 7.85. The third-order valence-corrected chi connectivity index (χ3v) is 6.81. The molecule has 3 aliphatic heterocycles. The van der Waals surface area contributed by atoms with Crippen LogP contribution in [0, 0.1) is 17.8 Å². The highest BCUT2D eigenvalue weighted by atomic mass is 16.5. The largest absolute Gasteiger partial charge is 0.458 e.